The van der Waals surface area contributed by atoms with Gasteiger partial charge in [-0.3, -0.25) is 9.69 Å². The average Bonchev–Trinajstić information content (AvgIpc) is 2.75. The van der Waals surface area contributed by atoms with Crippen molar-refractivity contribution in [1.29, 1.82) is 5.26 Å². The molecule has 2 aromatic rings. The summed E-state index contributed by atoms with van der Waals surface area (Å²) < 4.78 is 5.54. The number of anilines is 1. The van der Waals surface area contributed by atoms with E-state index < -0.39 is 5.60 Å². The molecule has 1 aromatic heterocycles. The van der Waals surface area contributed by atoms with Crippen molar-refractivity contribution in [2.75, 3.05) is 25.0 Å². The van der Waals surface area contributed by atoms with Crippen molar-refractivity contribution in [3.63, 3.8) is 0 Å². The van der Waals surface area contributed by atoms with E-state index >= 15 is 0 Å². The summed E-state index contributed by atoms with van der Waals surface area (Å²) in [4.78, 5) is 33.4. The van der Waals surface area contributed by atoms with Crippen LogP contribution in [0, 0.1) is 25.2 Å². The van der Waals surface area contributed by atoms with Crippen LogP contribution in [0.1, 0.15) is 60.4 Å². The standard InChI is InChI=1S/C26H32ClN5O3/c1-16-9-19(13-29-23(16)12-28)24(33)30-22-11-21(27)10-20(18(22)3)15-31-7-8-32(17(2)14-31)25(34)35-26(4,5)6/h9-11,13,17H,7-8,14-15H2,1-6H3,(H,30,33)/t17-/m0/s1. The van der Waals surface area contributed by atoms with Gasteiger partial charge in [-0.05, 0) is 76.4 Å². The molecule has 0 aliphatic carbocycles. The number of carbonyl (C=O) groups is 2. The van der Waals surface area contributed by atoms with Gasteiger partial charge in [0, 0.05) is 49.1 Å². The van der Waals surface area contributed by atoms with Crippen molar-refractivity contribution < 1.29 is 14.3 Å². The highest BCUT2D eigenvalue weighted by Gasteiger charge is 2.31. The molecule has 1 saturated heterocycles. The van der Waals surface area contributed by atoms with Gasteiger partial charge >= 0.3 is 6.09 Å². The number of aromatic nitrogens is 1. The van der Waals surface area contributed by atoms with Gasteiger partial charge < -0.3 is 15.0 Å². The van der Waals surface area contributed by atoms with Crippen LogP contribution in [0.3, 0.4) is 0 Å². The predicted octanol–water partition coefficient (Wildman–Crippen LogP) is 4.92. The highest BCUT2D eigenvalue weighted by molar-refractivity contribution is 6.31. The number of aryl methyl sites for hydroxylation is 1. The van der Waals surface area contributed by atoms with Crippen LogP contribution in [-0.2, 0) is 11.3 Å². The summed E-state index contributed by atoms with van der Waals surface area (Å²) >= 11 is 6.40. The Morgan fingerprint density at radius 3 is 2.57 bits per heavy atom. The fraction of sp³-hybridized carbons (Fsp3) is 0.462. The first kappa shape index (κ1) is 26.5. The number of nitrogens with one attached hydrogen (secondary N) is 1. The number of benzene rings is 1. The molecule has 1 aliphatic rings. The van der Waals surface area contributed by atoms with E-state index in [0.717, 1.165) is 11.1 Å². The summed E-state index contributed by atoms with van der Waals surface area (Å²) in [6, 6.07) is 7.29. The lowest BCUT2D eigenvalue weighted by atomic mass is 10.0. The van der Waals surface area contributed by atoms with Gasteiger partial charge in [0.2, 0.25) is 0 Å². The van der Waals surface area contributed by atoms with Gasteiger partial charge in [-0.25, -0.2) is 9.78 Å². The van der Waals surface area contributed by atoms with Gasteiger partial charge in [0.25, 0.3) is 5.91 Å². The normalized spacial score (nSPS) is 16.5. The lowest BCUT2D eigenvalue weighted by molar-refractivity contribution is 0.000535. The average molecular weight is 498 g/mol. The van der Waals surface area contributed by atoms with Gasteiger partial charge in [-0.2, -0.15) is 5.26 Å². The Labute approximate surface area is 211 Å². The monoisotopic (exact) mass is 497 g/mol. The third kappa shape index (κ3) is 6.71. The summed E-state index contributed by atoms with van der Waals surface area (Å²) in [6.07, 6.45) is 1.11. The number of hydrogen-bond acceptors (Lipinski definition) is 6. The number of hydrogen-bond donors (Lipinski definition) is 1. The van der Waals surface area contributed by atoms with E-state index in [2.05, 4.69) is 15.2 Å². The maximum absolute atomic E-state index is 12.8. The Hall–Kier alpha value is -3.15. The summed E-state index contributed by atoms with van der Waals surface area (Å²) in [7, 11) is 0. The Morgan fingerprint density at radius 1 is 1.26 bits per heavy atom. The Bertz CT molecular complexity index is 1170. The van der Waals surface area contributed by atoms with E-state index in [0.29, 0.717) is 53.7 Å². The topological polar surface area (TPSA) is 98.6 Å². The van der Waals surface area contributed by atoms with Crippen LogP contribution in [0.2, 0.25) is 5.02 Å². The highest BCUT2D eigenvalue weighted by Crippen LogP contribution is 2.27. The van der Waals surface area contributed by atoms with Crippen LogP contribution >= 0.6 is 11.6 Å². The second kappa shape index (κ2) is 10.6. The van der Waals surface area contributed by atoms with Crippen LogP contribution in [0.5, 0.6) is 0 Å². The molecule has 186 valence electrons. The van der Waals surface area contributed by atoms with E-state index in [1.54, 1.807) is 24.0 Å². The van der Waals surface area contributed by atoms with Crippen molar-refractivity contribution >= 4 is 29.3 Å². The van der Waals surface area contributed by atoms with Crippen molar-refractivity contribution in [2.24, 2.45) is 0 Å². The molecule has 2 amide bonds. The van der Waals surface area contributed by atoms with E-state index in [9.17, 15) is 9.59 Å². The SMILES string of the molecule is Cc1cc(C(=O)Nc2cc(Cl)cc(CN3CCN(C(=O)OC(C)(C)C)[C@@H](C)C3)c2C)cnc1C#N. The van der Waals surface area contributed by atoms with Gasteiger partial charge in [-0.15, -0.1) is 0 Å². The maximum Gasteiger partial charge on any atom is 0.410 e. The Balaban J connectivity index is 1.70. The van der Waals surface area contributed by atoms with Gasteiger partial charge in [0.15, 0.2) is 0 Å². The summed E-state index contributed by atoms with van der Waals surface area (Å²) in [6.45, 7) is 13.9. The number of ether oxygens (including phenoxy) is 1. The van der Waals surface area contributed by atoms with Crippen molar-refractivity contribution in [1.82, 2.24) is 14.8 Å². The second-order valence-corrected chi connectivity index (χ2v) is 10.4. The summed E-state index contributed by atoms with van der Waals surface area (Å²) in [5.41, 5.74) is 3.32. The van der Waals surface area contributed by atoms with Crippen LogP contribution in [0.4, 0.5) is 10.5 Å². The van der Waals surface area contributed by atoms with Gasteiger partial charge in [-0.1, -0.05) is 11.6 Å². The van der Waals surface area contributed by atoms with Gasteiger partial charge in [0.05, 0.1) is 5.56 Å². The zero-order chi connectivity index (χ0) is 25.9. The number of amides is 2. The number of rotatable bonds is 4. The van der Waals surface area contributed by atoms with Crippen LogP contribution in [-0.4, -0.2) is 58.1 Å². The number of carbonyl (C=O) groups excluding carboxylic acids is 2. The fourth-order valence-electron chi connectivity index (χ4n) is 4.05. The molecule has 0 spiro atoms. The zero-order valence-electron chi connectivity index (χ0n) is 21.1. The highest BCUT2D eigenvalue weighted by atomic mass is 35.5. The van der Waals surface area contributed by atoms with E-state index in [1.807, 2.05) is 46.8 Å². The fourth-order valence-corrected chi connectivity index (χ4v) is 4.29. The molecular formula is C26H32ClN5O3. The number of nitrogens with zero attached hydrogens (tertiary/aromatic N) is 4. The molecule has 1 fully saturated rings. The lowest BCUT2D eigenvalue weighted by Crippen LogP contribution is -2.54. The van der Waals surface area contributed by atoms with E-state index in [4.69, 9.17) is 21.6 Å². The number of pyridine rings is 1. The lowest BCUT2D eigenvalue weighted by Gasteiger charge is -2.40. The summed E-state index contributed by atoms with van der Waals surface area (Å²) in [5.74, 6) is -0.319. The van der Waals surface area contributed by atoms with Crippen molar-refractivity contribution in [3.05, 3.63) is 57.4 Å². The number of piperazine rings is 1. The smallest absolute Gasteiger partial charge is 0.410 e. The van der Waals surface area contributed by atoms with E-state index in [1.165, 1.54) is 6.20 Å². The van der Waals surface area contributed by atoms with Crippen LogP contribution < -0.4 is 5.32 Å². The molecule has 1 N–H and O–H groups in total. The molecule has 0 saturated carbocycles. The van der Waals surface area contributed by atoms with Crippen molar-refractivity contribution in [3.8, 4) is 6.07 Å². The summed E-state index contributed by atoms with van der Waals surface area (Å²) in [5, 5.41) is 12.5. The number of halogens is 1. The third-order valence-electron chi connectivity index (χ3n) is 5.91. The molecule has 1 aliphatic heterocycles. The molecule has 2 heterocycles. The molecule has 8 nitrogen and oxygen atoms in total. The molecule has 1 atom stereocenters. The first-order chi connectivity index (χ1) is 16.4. The zero-order valence-corrected chi connectivity index (χ0v) is 21.9. The minimum absolute atomic E-state index is 0.00406. The molecule has 0 unspecified atom stereocenters. The van der Waals surface area contributed by atoms with Crippen LogP contribution in [0.15, 0.2) is 24.4 Å². The molecular weight excluding hydrogens is 466 g/mol. The first-order valence-electron chi connectivity index (χ1n) is 11.6. The molecule has 0 radical (unpaired) electrons. The second-order valence-electron chi connectivity index (χ2n) is 9.95. The predicted molar refractivity (Wildman–Crippen MR) is 136 cm³/mol. The molecule has 9 heteroatoms. The van der Waals surface area contributed by atoms with Crippen molar-refractivity contribution in [2.45, 2.75) is 59.7 Å². The molecule has 0 bridgehead atoms. The largest absolute Gasteiger partial charge is 0.444 e. The van der Waals surface area contributed by atoms with Crippen LogP contribution in [0.25, 0.3) is 0 Å². The quantitative estimate of drug-likeness (QED) is 0.643. The third-order valence-corrected chi connectivity index (χ3v) is 6.13. The number of nitriles is 1. The Morgan fingerprint density at radius 2 is 1.97 bits per heavy atom. The first-order valence-corrected chi connectivity index (χ1v) is 11.9. The minimum Gasteiger partial charge on any atom is -0.444 e. The molecule has 35 heavy (non-hydrogen) atoms. The van der Waals surface area contributed by atoms with E-state index in [-0.39, 0.29) is 18.0 Å². The molecule has 3 rings (SSSR count). The minimum atomic E-state index is -0.529. The van der Waals surface area contributed by atoms with Gasteiger partial charge in [0.1, 0.15) is 17.4 Å². The Kier molecular flexibility index (Phi) is 8.04. The maximum atomic E-state index is 12.8. The molecule has 1 aromatic carbocycles.